The number of aryl methyl sites for hydroxylation is 2. The quantitative estimate of drug-likeness (QED) is 0.0776. The molecular weight excluding hydrogens is 971 g/mol. The van der Waals surface area contributed by atoms with E-state index in [0.717, 1.165) is 25.2 Å². The Morgan fingerprint density at radius 3 is 1.93 bits per heavy atom. The predicted molar refractivity (Wildman–Crippen MR) is 250 cm³/mol. The summed E-state index contributed by atoms with van der Waals surface area (Å²) in [4.78, 5) is 42.0. The topological polar surface area (TPSA) is 268 Å². The molecule has 0 bridgehead atoms. The van der Waals surface area contributed by atoms with E-state index in [1.54, 1.807) is 58.9 Å². The summed E-state index contributed by atoms with van der Waals surface area (Å²) >= 11 is 0. The van der Waals surface area contributed by atoms with Gasteiger partial charge in [0.25, 0.3) is 0 Å². The lowest BCUT2D eigenvalue weighted by Crippen LogP contribution is -2.52. The standard InChI is InChI=1S/C26H28F3N7O4.C21H20F3N7O2/c1-13-18(12-39-35-13)20-6-5-16-17(8-30-22(16)33-20)21-19(26(27,28)29)9-31-23(34-21)32-14-7-15(37)11-36(10-14)24(38)40-25(2,3)4;1-10-14(9-33-31-10)16-6-5-13-17(29-30-19(13)27-16)18-15(21(22,23)24)8-25-20(28-18)26-11-3-2-4-12(32)7-11/h5-6,8-9,12,14-15,37H,7,10-11H2,1-4H3,(H,30,33)(H,31,32,34);5-6,8-9,11-12,32H,2-4,7H2,1H3,(H,25,26,28)(H,27,29,30)/t14-,15+;11-,12+/m01/s1. The van der Waals surface area contributed by atoms with Crippen molar-refractivity contribution in [2.75, 3.05) is 23.7 Å². The first kappa shape index (κ1) is 50.2. The summed E-state index contributed by atoms with van der Waals surface area (Å²) in [6, 6.07) is 5.98. The number of piperidine rings is 1. The molecule has 0 spiro atoms. The summed E-state index contributed by atoms with van der Waals surface area (Å²) in [5, 5.41) is 41.5. The predicted octanol–water partition coefficient (Wildman–Crippen LogP) is 8.90. The second-order valence-corrected chi connectivity index (χ2v) is 18.8. The van der Waals surface area contributed by atoms with Crippen LogP contribution in [0.3, 0.4) is 0 Å². The molecule has 26 heteroatoms. The van der Waals surface area contributed by atoms with Crippen molar-refractivity contribution < 1.29 is 55.1 Å². The molecule has 8 aromatic heterocycles. The van der Waals surface area contributed by atoms with E-state index in [1.807, 2.05) is 0 Å². The summed E-state index contributed by atoms with van der Waals surface area (Å²) < 4.78 is 98.7. The lowest BCUT2D eigenvalue weighted by molar-refractivity contribution is -0.138. The third-order valence-corrected chi connectivity index (χ3v) is 12.1. The Morgan fingerprint density at radius 1 is 0.740 bits per heavy atom. The highest BCUT2D eigenvalue weighted by molar-refractivity contribution is 5.95. The molecule has 1 saturated carbocycles. The van der Waals surface area contributed by atoms with E-state index in [1.165, 1.54) is 23.6 Å². The normalized spacial score (nSPS) is 18.7. The van der Waals surface area contributed by atoms with Crippen molar-refractivity contribution >= 4 is 40.1 Å². The summed E-state index contributed by atoms with van der Waals surface area (Å²) in [7, 11) is 0. The van der Waals surface area contributed by atoms with E-state index in [4.69, 9.17) is 13.8 Å². The monoisotopic (exact) mass is 1020 g/mol. The molecule has 20 nitrogen and oxygen atoms in total. The Kier molecular flexibility index (Phi) is 13.5. The molecule has 1 aliphatic carbocycles. The number of carbonyl (C=O) groups is 1. The van der Waals surface area contributed by atoms with Gasteiger partial charge in [-0.1, -0.05) is 10.3 Å². The van der Waals surface area contributed by atoms with Gasteiger partial charge in [0.1, 0.15) is 40.6 Å². The zero-order valence-electron chi connectivity index (χ0n) is 39.7. The van der Waals surface area contributed by atoms with Crippen LogP contribution >= 0.6 is 0 Å². The molecule has 0 radical (unpaired) electrons. The molecule has 1 aliphatic heterocycles. The maximum Gasteiger partial charge on any atom is 0.420 e. The maximum atomic E-state index is 14.0. The van der Waals surface area contributed by atoms with Gasteiger partial charge in [-0.05, 0) is 91.0 Å². The van der Waals surface area contributed by atoms with Crippen LogP contribution in [0.5, 0.6) is 0 Å². The molecule has 2 fully saturated rings. The highest BCUT2D eigenvalue weighted by atomic mass is 19.4. The molecule has 1 saturated heterocycles. The first-order chi connectivity index (χ1) is 34.6. The van der Waals surface area contributed by atoms with Gasteiger partial charge in [0, 0.05) is 53.6 Å². The van der Waals surface area contributed by atoms with Gasteiger partial charge in [-0.25, -0.2) is 34.7 Å². The number of pyridine rings is 2. The lowest BCUT2D eigenvalue weighted by Gasteiger charge is -2.36. The Bertz CT molecular complexity index is 3270. The molecule has 73 heavy (non-hydrogen) atoms. The van der Waals surface area contributed by atoms with Gasteiger partial charge in [-0.15, -0.1) is 0 Å². The number of ether oxygens (including phenoxy) is 1. The van der Waals surface area contributed by atoms with Crippen LogP contribution in [-0.4, -0.2) is 120 Å². The fraction of sp³-hybridized carbons (Fsp3) is 0.404. The Morgan fingerprint density at radius 2 is 1.33 bits per heavy atom. The maximum absolute atomic E-state index is 14.0. The van der Waals surface area contributed by atoms with Crippen LogP contribution in [0.4, 0.5) is 43.0 Å². The van der Waals surface area contributed by atoms with Gasteiger partial charge < -0.3 is 44.5 Å². The van der Waals surface area contributed by atoms with Crippen molar-refractivity contribution in [1.29, 1.82) is 0 Å². The highest BCUT2D eigenvalue weighted by Crippen LogP contribution is 2.41. The largest absolute Gasteiger partial charge is 0.444 e. The zero-order chi connectivity index (χ0) is 52.0. The fourth-order valence-electron chi connectivity index (χ4n) is 8.68. The van der Waals surface area contributed by atoms with Crippen molar-refractivity contribution in [3.8, 4) is 45.2 Å². The van der Waals surface area contributed by atoms with Crippen LogP contribution in [0.25, 0.3) is 67.2 Å². The number of nitrogens with one attached hydrogen (secondary N) is 4. The van der Waals surface area contributed by atoms with Gasteiger partial charge in [-0.3, -0.25) is 5.10 Å². The summed E-state index contributed by atoms with van der Waals surface area (Å²) in [5.74, 6) is -0.0187. The van der Waals surface area contributed by atoms with Crippen molar-refractivity contribution in [1.82, 2.24) is 60.3 Å². The van der Waals surface area contributed by atoms with Crippen molar-refractivity contribution in [3.05, 3.63) is 77.9 Å². The number of halogens is 6. The molecule has 0 unspecified atom stereocenters. The molecule has 6 N–H and O–H groups in total. The Labute approximate surface area is 410 Å². The average molecular weight is 1020 g/mol. The minimum atomic E-state index is -4.72. The Hall–Kier alpha value is -7.74. The third-order valence-electron chi connectivity index (χ3n) is 12.1. The first-order valence-corrected chi connectivity index (χ1v) is 23.0. The number of H-pyrrole nitrogens is 2. The number of fused-ring (bicyclic) bond motifs is 2. The van der Waals surface area contributed by atoms with Crippen LogP contribution in [0, 0.1) is 13.8 Å². The molecule has 0 aromatic carbocycles. The molecule has 384 valence electrons. The number of amides is 1. The second kappa shape index (κ2) is 19.7. The smallest absolute Gasteiger partial charge is 0.420 e. The molecular formula is C47H48F6N14O6. The van der Waals surface area contributed by atoms with Crippen LogP contribution in [0.15, 0.2) is 64.4 Å². The van der Waals surface area contributed by atoms with E-state index in [9.17, 15) is 41.4 Å². The highest BCUT2D eigenvalue weighted by Gasteiger charge is 2.39. The number of aliphatic hydroxyl groups is 2. The van der Waals surface area contributed by atoms with Crippen LogP contribution in [-0.2, 0) is 17.1 Å². The number of hydrogen-bond donors (Lipinski definition) is 6. The van der Waals surface area contributed by atoms with Crippen LogP contribution in [0.1, 0.15) is 75.4 Å². The van der Waals surface area contributed by atoms with Gasteiger partial charge in [0.05, 0.1) is 64.0 Å². The third kappa shape index (κ3) is 11.2. The number of rotatable bonds is 8. The minimum Gasteiger partial charge on any atom is -0.444 e. The number of aliphatic hydroxyl groups excluding tert-OH is 2. The summed E-state index contributed by atoms with van der Waals surface area (Å²) in [6.07, 6.45) is -2.48. The van der Waals surface area contributed by atoms with E-state index in [2.05, 4.69) is 66.0 Å². The fourth-order valence-corrected chi connectivity index (χ4v) is 8.68. The summed E-state index contributed by atoms with van der Waals surface area (Å²) in [6.45, 7) is 8.93. The van der Waals surface area contributed by atoms with Gasteiger partial charge >= 0.3 is 18.4 Å². The molecule has 10 rings (SSSR count). The molecule has 8 aromatic rings. The van der Waals surface area contributed by atoms with Gasteiger partial charge in [0.2, 0.25) is 11.9 Å². The molecule has 4 atom stereocenters. The van der Waals surface area contributed by atoms with E-state index in [-0.39, 0.29) is 65.7 Å². The lowest BCUT2D eigenvalue weighted by atomic mass is 9.93. The van der Waals surface area contributed by atoms with E-state index < -0.39 is 53.4 Å². The SMILES string of the molecule is Cc1nocc1-c1ccc2c(-c3nc(N[C@@H]4CCC[C@H](O)C4)ncc3C(F)(F)F)[nH]nc2n1.Cc1nocc1-c1ccc2c(-c3nc(N[C@H]4C[C@@H](O)CN(C(=O)OC(C)(C)C)C4)ncc3C(F)(F)F)c[nH]c2n1. The average Bonchev–Trinajstić information content (AvgIpc) is 4.14. The number of β-amino-alcohol motifs (C(OH)–C–C–N with tert-alkyl or cyclic N) is 1. The van der Waals surface area contributed by atoms with Crippen LogP contribution < -0.4 is 10.6 Å². The second-order valence-electron chi connectivity index (χ2n) is 18.8. The van der Waals surface area contributed by atoms with Crippen molar-refractivity contribution in [2.24, 2.45) is 0 Å². The number of aromatic amines is 2. The first-order valence-electron chi connectivity index (χ1n) is 23.0. The number of anilines is 2. The number of likely N-dealkylation sites (tertiary alicyclic amines) is 1. The number of aromatic nitrogens is 11. The van der Waals surface area contributed by atoms with Crippen LogP contribution in [0.2, 0.25) is 0 Å². The number of nitrogens with zero attached hydrogens (tertiary/aromatic N) is 10. The summed E-state index contributed by atoms with van der Waals surface area (Å²) in [5.41, 5.74) is 1.16. The Balaban J connectivity index is 0.000000183. The molecule has 9 heterocycles. The minimum absolute atomic E-state index is 0.0597. The van der Waals surface area contributed by atoms with E-state index >= 15 is 0 Å². The van der Waals surface area contributed by atoms with E-state index in [0.29, 0.717) is 63.2 Å². The molecule has 2 aliphatic rings. The zero-order valence-corrected chi connectivity index (χ0v) is 39.7. The number of alkyl halides is 6. The molecule has 1 amide bonds. The van der Waals surface area contributed by atoms with Crippen molar-refractivity contribution in [3.63, 3.8) is 0 Å². The number of carbonyl (C=O) groups excluding carboxylic acids is 1. The van der Waals surface area contributed by atoms with Crippen molar-refractivity contribution in [2.45, 2.75) is 109 Å². The van der Waals surface area contributed by atoms with Gasteiger partial charge in [0.15, 0.2) is 5.65 Å². The number of hydrogen-bond acceptors (Lipinski definition) is 17. The van der Waals surface area contributed by atoms with Gasteiger partial charge in [-0.2, -0.15) is 31.4 Å².